The van der Waals surface area contributed by atoms with Crippen molar-refractivity contribution in [3.05, 3.63) is 0 Å². The highest BCUT2D eigenvalue weighted by Crippen LogP contribution is 2.19. The van der Waals surface area contributed by atoms with Gasteiger partial charge in [0.1, 0.15) is 5.25 Å². The number of carbonyl (C=O) groups excluding carboxylic acids is 1. The molecule has 1 amide bonds. The minimum Gasteiger partial charge on any atom is -0.354 e. The Kier molecular flexibility index (Phi) is 4.53. The van der Waals surface area contributed by atoms with E-state index in [0.29, 0.717) is 25.9 Å². The Morgan fingerprint density at radius 1 is 1.33 bits per heavy atom. The van der Waals surface area contributed by atoms with Crippen molar-refractivity contribution in [1.29, 1.82) is 0 Å². The standard InChI is InChI=1S/C9H18N2O3S/c1-10-5-6-11-9(12)8-4-2-3-7-15(8,13)14/h8,10H,2-7H2,1H3,(H,11,12). The van der Waals surface area contributed by atoms with Crippen molar-refractivity contribution in [1.82, 2.24) is 10.6 Å². The van der Waals surface area contributed by atoms with Crippen LogP contribution in [-0.4, -0.2) is 45.5 Å². The van der Waals surface area contributed by atoms with Crippen LogP contribution in [0.4, 0.5) is 0 Å². The van der Waals surface area contributed by atoms with Crippen molar-refractivity contribution in [2.75, 3.05) is 25.9 Å². The first kappa shape index (κ1) is 12.4. The van der Waals surface area contributed by atoms with Crippen LogP contribution in [0.15, 0.2) is 0 Å². The van der Waals surface area contributed by atoms with Crippen molar-refractivity contribution in [3.63, 3.8) is 0 Å². The van der Waals surface area contributed by atoms with Gasteiger partial charge in [-0.15, -0.1) is 0 Å². The lowest BCUT2D eigenvalue weighted by Gasteiger charge is -2.21. The van der Waals surface area contributed by atoms with Gasteiger partial charge in [0.2, 0.25) is 5.91 Å². The molecule has 1 aliphatic heterocycles. The predicted octanol–water partition coefficient (Wildman–Crippen LogP) is -0.711. The minimum atomic E-state index is -3.19. The van der Waals surface area contributed by atoms with Crippen LogP contribution in [-0.2, 0) is 14.6 Å². The molecule has 15 heavy (non-hydrogen) atoms. The van der Waals surface area contributed by atoms with Crippen molar-refractivity contribution in [2.24, 2.45) is 0 Å². The molecule has 0 bridgehead atoms. The monoisotopic (exact) mass is 234 g/mol. The van der Waals surface area contributed by atoms with E-state index in [-0.39, 0.29) is 11.7 Å². The Balaban J connectivity index is 2.50. The van der Waals surface area contributed by atoms with E-state index in [0.717, 1.165) is 6.42 Å². The molecule has 5 nitrogen and oxygen atoms in total. The summed E-state index contributed by atoms with van der Waals surface area (Å²) in [4.78, 5) is 11.6. The quantitative estimate of drug-likeness (QED) is 0.630. The fourth-order valence-electron chi connectivity index (χ4n) is 1.67. The largest absolute Gasteiger partial charge is 0.354 e. The molecular weight excluding hydrogens is 216 g/mol. The molecule has 0 aliphatic carbocycles. The van der Waals surface area contributed by atoms with Gasteiger partial charge in [0.15, 0.2) is 9.84 Å². The molecular formula is C9H18N2O3S. The average molecular weight is 234 g/mol. The van der Waals surface area contributed by atoms with Crippen molar-refractivity contribution >= 4 is 15.7 Å². The number of nitrogens with one attached hydrogen (secondary N) is 2. The molecule has 0 spiro atoms. The fourth-order valence-corrected chi connectivity index (χ4v) is 3.50. The van der Waals surface area contributed by atoms with Crippen LogP contribution in [0.1, 0.15) is 19.3 Å². The highest BCUT2D eigenvalue weighted by Gasteiger charge is 2.34. The van der Waals surface area contributed by atoms with Gasteiger partial charge in [-0.2, -0.15) is 0 Å². The molecule has 6 heteroatoms. The number of hydrogen-bond acceptors (Lipinski definition) is 4. The second kappa shape index (κ2) is 5.46. The van der Waals surface area contributed by atoms with Crippen LogP contribution in [0.2, 0.25) is 0 Å². The summed E-state index contributed by atoms with van der Waals surface area (Å²) < 4.78 is 23.2. The van der Waals surface area contributed by atoms with Crippen LogP contribution in [0, 0.1) is 0 Å². The van der Waals surface area contributed by atoms with Gasteiger partial charge < -0.3 is 10.6 Å². The summed E-state index contributed by atoms with van der Waals surface area (Å²) in [5, 5.41) is 4.69. The summed E-state index contributed by atoms with van der Waals surface area (Å²) in [5.74, 6) is -0.193. The SMILES string of the molecule is CNCCNC(=O)C1CCCCS1(=O)=O. The summed E-state index contributed by atoms with van der Waals surface area (Å²) in [7, 11) is -1.41. The van der Waals surface area contributed by atoms with Gasteiger partial charge in [-0.3, -0.25) is 4.79 Å². The number of hydrogen-bond donors (Lipinski definition) is 2. The van der Waals surface area contributed by atoms with E-state index in [2.05, 4.69) is 10.6 Å². The molecule has 0 radical (unpaired) electrons. The molecule has 0 saturated carbocycles. The second-order valence-electron chi connectivity index (χ2n) is 3.75. The van der Waals surface area contributed by atoms with Gasteiger partial charge in [-0.1, -0.05) is 6.42 Å². The molecule has 1 unspecified atom stereocenters. The third-order valence-electron chi connectivity index (χ3n) is 2.55. The van der Waals surface area contributed by atoms with Crippen LogP contribution in [0.5, 0.6) is 0 Å². The van der Waals surface area contributed by atoms with Gasteiger partial charge in [-0.25, -0.2) is 8.42 Å². The molecule has 1 rings (SSSR count). The number of amides is 1. The third kappa shape index (κ3) is 3.46. The summed E-state index contributed by atoms with van der Waals surface area (Å²) in [6.45, 7) is 1.12. The van der Waals surface area contributed by atoms with Crippen LogP contribution in [0.3, 0.4) is 0 Å². The highest BCUT2D eigenvalue weighted by atomic mass is 32.2. The summed E-state index contributed by atoms with van der Waals surface area (Å²) in [6.07, 6.45) is 1.97. The first-order chi connectivity index (χ1) is 7.08. The summed E-state index contributed by atoms with van der Waals surface area (Å²) in [6, 6.07) is 0. The topological polar surface area (TPSA) is 75.3 Å². The fraction of sp³-hybridized carbons (Fsp3) is 0.889. The Labute approximate surface area is 90.5 Å². The Hall–Kier alpha value is -0.620. The number of rotatable bonds is 4. The molecule has 0 aromatic heterocycles. The molecule has 88 valence electrons. The Bertz CT molecular complexity index is 313. The lowest BCUT2D eigenvalue weighted by Crippen LogP contribution is -2.44. The van der Waals surface area contributed by atoms with Crippen molar-refractivity contribution in [2.45, 2.75) is 24.5 Å². The zero-order valence-corrected chi connectivity index (χ0v) is 9.77. The highest BCUT2D eigenvalue weighted by molar-refractivity contribution is 7.92. The third-order valence-corrected chi connectivity index (χ3v) is 4.72. The van der Waals surface area contributed by atoms with Gasteiger partial charge in [0.05, 0.1) is 5.75 Å². The van der Waals surface area contributed by atoms with Gasteiger partial charge in [0, 0.05) is 13.1 Å². The maximum Gasteiger partial charge on any atom is 0.238 e. The van der Waals surface area contributed by atoms with Gasteiger partial charge >= 0.3 is 0 Å². The van der Waals surface area contributed by atoms with E-state index < -0.39 is 15.1 Å². The zero-order valence-electron chi connectivity index (χ0n) is 8.95. The summed E-state index contributed by atoms with van der Waals surface area (Å²) >= 11 is 0. The zero-order chi connectivity index (χ0) is 11.3. The van der Waals surface area contributed by atoms with E-state index in [1.807, 2.05) is 0 Å². The van der Waals surface area contributed by atoms with E-state index in [1.165, 1.54) is 0 Å². The minimum absolute atomic E-state index is 0.150. The van der Waals surface area contributed by atoms with Crippen LogP contribution < -0.4 is 10.6 Å². The smallest absolute Gasteiger partial charge is 0.238 e. The maximum absolute atomic E-state index is 11.6. The lowest BCUT2D eigenvalue weighted by molar-refractivity contribution is -0.120. The number of likely N-dealkylation sites (N-methyl/N-ethyl adjacent to an activating group) is 1. The van der Waals surface area contributed by atoms with E-state index >= 15 is 0 Å². The van der Waals surface area contributed by atoms with Gasteiger partial charge in [0.25, 0.3) is 0 Å². The molecule has 1 fully saturated rings. The van der Waals surface area contributed by atoms with E-state index in [4.69, 9.17) is 0 Å². The Morgan fingerprint density at radius 2 is 2.07 bits per heavy atom. The lowest BCUT2D eigenvalue weighted by atomic mass is 10.2. The van der Waals surface area contributed by atoms with E-state index in [9.17, 15) is 13.2 Å². The second-order valence-corrected chi connectivity index (χ2v) is 6.05. The molecule has 2 N–H and O–H groups in total. The first-order valence-corrected chi connectivity index (χ1v) is 6.93. The Morgan fingerprint density at radius 3 is 2.67 bits per heavy atom. The maximum atomic E-state index is 11.6. The molecule has 1 atom stereocenters. The number of carbonyl (C=O) groups is 1. The average Bonchev–Trinajstić information content (AvgIpc) is 2.17. The van der Waals surface area contributed by atoms with Crippen LogP contribution >= 0.6 is 0 Å². The number of sulfone groups is 1. The predicted molar refractivity (Wildman–Crippen MR) is 58.4 cm³/mol. The molecule has 1 saturated heterocycles. The van der Waals surface area contributed by atoms with E-state index in [1.54, 1.807) is 7.05 Å². The summed E-state index contributed by atoms with van der Waals surface area (Å²) in [5.41, 5.74) is 0. The molecule has 0 aromatic rings. The van der Waals surface area contributed by atoms with Gasteiger partial charge in [-0.05, 0) is 19.9 Å². The van der Waals surface area contributed by atoms with Crippen molar-refractivity contribution in [3.8, 4) is 0 Å². The van der Waals surface area contributed by atoms with Crippen LogP contribution in [0.25, 0.3) is 0 Å². The van der Waals surface area contributed by atoms with Crippen molar-refractivity contribution < 1.29 is 13.2 Å². The molecule has 1 aliphatic rings. The molecule has 0 aromatic carbocycles. The first-order valence-electron chi connectivity index (χ1n) is 5.22. The normalized spacial score (nSPS) is 24.7. The molecule has 1 heterocycles.